The summed E-state index contributed by atoms with van der Waals surface area (Å²) in [4.78, 5) is 26.1. The molecule has 7 nitrogen and oxygen atoms in total. The lowest BCUT2D eigenvalue weighted by molar-refractivity contribution is 0.0963. The summed E-state index contributed by atoms with van der Waals surface area (Å²) in [5.74, 6) is 0. The molecule has 7 heteroatoms. The SMILES string of the molecule is O=C1OCCN1c1ccc(N2C[C@@H](CO)OC2=O)cc1. The van der Waals surface area contributed by atoms with Crippen molar-refractivity contribution in [1.82, 2.24) is 0 Å². The number of hydrogen-bond donors (Lipinski definition) is 1. The van der Waals surface area contributed by atoms with Crippen LogP contribution in [0.1, 0.15) is 0 Å². The van der Waals surface area contributed by atoms with Gasteiger partial charge in [-0.25, -0.2) is 9.59 Å². The van der Waals surface area contributed by atoms with E-state index < -0.39 is 12.2 Å². The van der Waals surface area contributed by atoms with Crippen LogP contribution in [-0.4, -0.2) is 49.7 Å². The van der Waals surface area contributed by atoms with Gasteiger partial charge in [-0.1, -0.05) is 0 Å². The third-order valence-corrected chi connectivity index (χ3v) is 3.31. The molecule has 2 saturated heterocycles. The molecule has 2 amide bonds. The van der Waals surface area contributed by atoms with Crippen molar-refractivity contribution in [3.8, 4) is 0 Å². The van der Waals surface area contributed by atoms with E-state index in [0.29, 0.717) is 25.4 Å². The van der Waals surface area contributed by atoms with Crippen molar-refractivity contribution in [1.29, 1.82) is 0 Å². The quantitative estimate of drug-likeness (QED) is 0.891. The Bertz CT molecular complexity index is 530. The Morgan fingerprint density at radius 3 is 2.25 bits per heavy atom. The van der Waals surface area contributed by atoms with Crippen molar-refractivity contribution in [3.05, 3.63) is 24.3 Å². The molecule has 2 fully saturated rings. The number of rotatable bonds is 3. The zero-order valence-electron chi connectivity index (χ0n) is 10.7. The van der Waals surface area contributed by atoms with Gasteiger partial charge in [0.1, 0.15) is 12.7 Å². The van der Waals surface area contributed by atoms with Gasteiger partial charge in [0.2, 0.25) is 0 Å². The van der Waals surface area contributed by atoms with Gasteiger partial charge in [-0.15, -0.1) is 0 Å². The molecule has 2 aliphatic heterocycles. The molecule has 0 bridgehead atoms. The van der Waals surface area contributed by atoms with E-state index in [-0.39, 0.29) is 12.7 Å². The van der Waals surface area contributed by atoms with Crippen LogP contribution in [-0.2, 0) is 9.47 Å². The molecule has 0 radical (unpaired) electrons. The fourth-order valence-electron chi connectivity index (χ4n) is 2.27. The number of hydrogen-bond acceptors (Lipinski definition) is 5. The first-order valence-corrected chi connectivity index (χ1v) is 6.32. The number of aliphatic hydroxyl groups excluding tert-OH is 1. The van der Waals surface area contributed by atoms with E-state index in [1.54, 1.807) is 24.3 Å². The fraction of sp³-hybridized carbons (Fsp3) is 0.385. The molecule has 0 spiro atoms. The van der Waals surface area contributed by atoms with Crippen molar-refractivity contribution < 1.29 is 24.2 Å². The molecule has 0 aromatic heterocycles. The highest BCUT2D eigenvalue weighted by molar-refractivity contribution is 5.92. The second kappa shape index (κ2) is 5.01. The molecular formula is C13H14N2O5. The van der Waals surface area contributed by atoms with Gasteiger partial charge in [-0.3, -0.25) is 9.80 Å². The molecule has 2 heterocycles. The number of carbonyl (C=O) groups is 2. The molecular weight excluding hydrogens is 264 g/mol. The van der Waals surface area contributed by atoms with Crippen LogP contribution in [0.5, 0.6) is 0 Å². The molecule has 20 heavy (non-hydrogen) atoms. The molecule has 2 aliphatic rings. The Labute approximate surface area is 115 Å². The minimum Gasteiger partial charge on any atom is -0.447 e. The van der Waals surface area contributed by atoms with Crippen molar-refractivity contribution in [2.45, 2.75) is 6.10 Å². The largest absolute Gasteiger partial charge is 0.447 e. The Kier molecular flexibility index (Phi) is 3.19. The normalized spacial score (nSPS) is 22.1. The number of aliphatic hydroxyl groups is 1. The fourth-order valence-corrected chi connectivity index (χ4v) is 2.27. The van der Waals surface area contributed by atoms with Crippen LogP contribution in [0, 0.1) is 0 Å². The van der Waals surface area contributed by atoms with E-state index in [4.69, 9.17) is 14.6 Å². The maximum Gasteiger partial charge on any atom is 0.414 e. The molecule has 0 unspecified atom stereocenters. The topological polar surface area (TPSA) is 79.3 Å². The first kappa shape index (κ1) is 12.7. The Balaban J connectivity index is 1.76. The smallest absolute Gasteiger partial charge is 0.414 e. The minimum absolute atomic E-state index is 0.195. The van der Waals surface area contributed by atoms with Crippen molar-refractivity contribution in [3.63, 3.8) is 0 Å². The van der Waals surface area contributed by atoms with Gasteiger partial charge < -0.3 is 14.6 Å². The van der Waals surface area contributed by atoms with E-state index >= 15 is 0 Å². The zero-order valence-corrected chi connectivity index (χ0v) is 10.7. The van der Waals surface area contributed by atoms with E-state index in [2.05, 4.69) is 0 Å². The van der Waals surface area contributed by atoms with Crippen LogP contribution < -0.4 is 9.80 Å². The van der Waals surface area contributed by atoms with Gasteiger partial charge >= 0.3 is 12.2 Å². The number of ether oxygens (including phenoxy) is 2. The van der Waals surface area contributed by atoms with Gasteiger partial charge in [-0.2, -0.15) is 0 Å². The van der Waals surface area contributed by atoms with Crippen molar-refractivity contribution in [2.75, 3.05) is 36.1 Å². The molecule has 106 valence electrons. The molecule has 3 rings (SSSR count). The Morgan fingerprint density at radius 2 is 1.75 bits per heavy atom. The molecule has 1 aromatic carbocycles. The van der Waals surface area contributed by atoms with Crippen LogP contribution in [0.3, 0.4) is 0 Å². The second-order valence-electron chi connectivity index (χ2n) is 4.58. The number of anilines is 2. The van der Waals surface area contributed by atoms with Crippen molar-refractivity contribution in [2.24, 2.45) is 0 Å². The van der Waals surface area contributed by atoms with Gasteiger partial charge in [0.25, 0.3) is 0 Å². The lowest BCUT2D eigenvalue weighted by Crippen LogP contribution is -2.26. The highest BCUT2D eigenvalue weighted by Gasteiger charge is 2.32. The minimum atomic E-state index is -0.490. The second-order valence-corrected chi connectivity index (χ2v) is 4.58. The maximum absolute atomic E-state index is 11.6. The first-order valence-electron chi connectivity index (χ1n) is 6.32. The van der Waals surface area contributed by atoms with Crippen LogP contribution in [0.2, 0.25) is 0 Å². The lowest BCUT2D eigenvalue weighted by Gasteiger charge is -2.16. The van der Waals surface area contributed by atoms with E-state index in [1.807, 2.05) is 0 Å². The summed E-state index contributed by atoms with van der Waals surface area (Å²) in [5.41, 5.74) is 1.39. The average molecular weight is 278 g/mol. The van der Waals surface area contributed by atoms with Crippen LogP contribution >= 0.6 is 0 Å². The first-order chi connectivity index (χ1) is 9.69. The highest BCUT2D eigenvalue weighted by Crippen LogP contribution is 2.26. The molecule has 0 saturated carbocycles. The van der Waals surface area contributed by atoms with Gasteiger partial charge in [0.05, 0.1) is 19.7 Å². The zero-order chi connectivity index (χ0) is 14.1. The Hall–Kier alpha value is -2.28. The maximum atomic E-state index is 11.6. The molecule has 1 aromatic rings. The van der Waals surface area contributed by atoms with Crippen LogP contribution in [0.25, 0.3) is 0 Å². The van der Waals surface area contributed by atoms with Gasteiger partial charge in [0.15, 0.2) is 0 Å². The average Bonchev–Trinajstić information content (AvgIpc) is 3.05. The monoisotopic (exact) mass is 278 g/mol. The van der Waals surface area contributed by atoms with E-state index in [1.165, 1.54) is 9.80 Å². The predicted molar refractivity (Wildman–Crippen MR) is 69.8 cm³/mol. The molecule has 1 atom stereocenters. The van der Waals surface area contributed by atoms with Crippen molar-refractivity contribution >= 4 is 23.6 Å². The summed E-state index contributed by atoms with van der Waals surface area (Å²) in [6.07, 6.45) is -1.33. The summed E-state index contributed by atoms with van der Waals surface area (Å²) in [5, 5.41) is 9.00. The van der Waals surface area contributed by atoms with Gasteiger partial charge in [0, 0.05) is 11.4 Å². The third kappa shape index (κ3) is 2.16. The third-order valence-electron chi connectivity index (χ3n) is 3.31. The summed E-state index contributed by atoms with van der Waals surface area (Å²) in [7, 11) is 0. The number of cyclic esters (lactones) is 2. The number of amides is 2. The van der Waals surface area contributed by atoms with Gasteiger partial charge in [-0.05, 0) is 24.3 Å². The van der Waals surface area contributed by atoms with Crippen LogP contribution in [0.15, 0.2) is 24.3 Å². The van der Waals surface area contributed by atoms with E-state index in [9.17, 15) is 9.59 Å². The Morgan fingerprint density at radius 1 is 1.10 bits per heavy atom. The number of nitrogens with zero attached hydrogens (tertiary/aromatic N) is 2. The summed E-state index contributed by atoms with van der Waals surface area (Å²) >= 11 is 0. The summed E-state index contributed by atoms with van der Waals surface area (Å²) < 4.78 is 9.85. The van der Waals surface area contributed by atoms with Crippen LogP contribution in [0.4, 0.5) is 21.0 Å². The summed E-state index contributed by atoms with van der Waals surface area (Å²) in [6.45, 7) is 1.04. The number of carbonyl (C=O) groups excluding carboxylic acids is 2. The highest BCUT2D eigenvalue weighted by atomic mass is 16.6. The van der Waals surface area contributed by atoms with E-state index in [0.717, 1.165) is 5.69 Å². The molecule has 1 N–H and O–H groups in total. The standard InChI is InChI=1S/C13H14N2O5/c16-8-11-7-15(13(18)20-11)10-3-1-9(2-4-10)14-5-6-19-12(14)17/h1-4,11,16H,5-8H2/t11-/m0/s1. The number of benzene rings is 1. The lowest BCUT2D eigenvalue weighted by atomic mass is 10.2. The summed E-state index contributed by atoms with van der Waals surface area (Å²) in [6, 6.07) is 6.98. The molecule has 0 aliphatic carbocycles. The predicted octanol–water partition coefficient (Wildman–Crippen LogP) is 0.961.